The molecule has 2 heterocycles. The van der Waals surface area contributed by atoms with E-state index < -0.39 is 47.1 Å². The molecular formula is C31H45FN4O7SSi. The average Bonchev–Trinajstić information content (AvgIpc) is 2.89. The largest absolute Gasteiger partial charge is 0.490 e. The number of Topliss-reactive ketones (excluding diaryl/α,β-unsaturated/α-hetero) is 1. The number of carbonyl (C=O) groups excluding carboxylic acids is 2. The van der Waals surface area contributed by atoms with Gasteiger partial charge in [-0.15, -0.1) is 0 Å². The number of alkyl carbamates (subject to hydrolysis) is 1. The van der Waals surface area contributed by atoms with Gasteiger partial charge >= 0.3 is 6.09 Å². The zero-order valence-corrected chi connectivity index (χ0v) is 29.6. The van der Waals surface area contributed by atoms with E-state index in [9.17, 15) is 18.0 Å². The number of sulfonamides is 1. The van der Waals surface area contributed by atoms with Crippen molar-refractivity contribution in [3.05, 3.63) is 59.2 Å². The van der Waals surface area contributed by atoms with E-state index in [1.54, 1.807) is 32.9 Å². The molecule has 11 nitrogen and oxygen atoms in total. The van der Waals surface area contributed by atoms with Crippen LogP contribution in [0, 0.1) is 5.82 Å². The van der Waals surface area contributed by atoms with Crippen molar-refractivity contribution in [1.82, 2.24) is 14.6 Å². The molecule has 1 aliphatic heterocycles. The lowest BCUT2D eigenvalue weighted by molar-refractivity contribution is 0.0558. The van der Waals surface area contributed by atoms with Crippen molar-refractivity contribution in [1.29, 1.82) is 0 Å². The Kier molecular flexibility index (Phi) is 10.6. The summed E-state index contributed by atoms with van der Waals surface area (Å²) in [7, 11) is -4.65. The SMILES string of the molecule is CN1C(NC(=O)OC(C)(C)C)=N[C@](C)(c2cc(CC(=O)c3ccc(OCCO[Si](C)(C)C(C)(C)C)cn3)ccc2F)CS1(=O)=O. The Hall–Kier alpha value is -3.36. The number of halogens is 1. The van der Waals surface area contributed by atoms with Gasteiger partial charge in [0.15, 0.2) is 14.1 Å². The molecule has 0 radical (unpaired) electrons. The highest BCUT2D eigenvalue weighted by Gasteiger charge is 2.43. The first-order chi connectivity index (χ1) is 20.5. The minimum Gasteiger partial charge on any atom is -0.490 e. The van der Waals surface area contributed by atoms with Gasteiger partial charge in [0.1, 0.15) is 35.0 Å². The van der Waals surface area contributed by atoms with E-state index in [-0.39, 0.29) is 34.5 Å². The third-order valence-electron chi connectivity index (χ3n) is 7.76. The predicted octanol–water partition coefficient (Wildman–Crippen LogP) is 5.42. The van der Waals surface area contributed by atoms with Crippen LogP contribution in [0.5, 0.6) is 5.75 Å². The Morgan fingerprint density at radius 2 is 1.76 bits per heavy atom. The molecule has 3 rings (SSSR count). The minimum absolute atomic E-state index is 0.0374. The Balaban J connectivity index is 1.74. The molecule has 1 aromatic heterocycles. The van der Waals surface area contributed by atoms with Crippen molar-refractivity contribution in [2.75, 3.05) is 26.0 Å². The molecule has 0 aliphatic carbocycles. The second-order valence-electron chi connectivity index (χ2n) is 13.8. The van der Waals surface area contributed by atoms with Crippen LogP contribution in [-0.4, -0.2) is 75.5 Å². The van der Waals surface area contributed by atoms with Crippen molar-refractivity contribution < 1.29 is 36.3 Å². The van der Waals surface area contributed by atoms with Crippen molar-refractivity contribution in [2.45, 2.75) is 84.2 Å². The first-order valence-corrected chi connectivity index (χ1v) is 19.2. The summed E-state index contributed by atoms with van der Waals surface area (Å²) < 4.78 is 59.2. The number of aromatic nitrogens is 1. The molecule has 1 N–H and O–H groups in total. The van der Waals surface area contributed by atoms with Crippen LogP contribution in [0.15, 0.2) is 41.5 Å². The zero-order chi connectivity index (χ0) is 34.0. The van der Waals surface area contributed by atoms with Crippen LogP contribution in [0.2, 0.25) is 18.1 Å². The molecule has 0 saturated carbocycles. The lowest BCUT2D eigenvalue weighted by Crippen LogP contribution is -2.54. The lowest BCUT2D eigenvalue weighted by Gasteiger charge is -2.36. The molecule has 1 atom stereocenters. The Morgan fingerprint density at radius 3 is 2.33 bits per heavy atom. The van der Waals surface area contributed by atoms with E-state index in [0.717, 1.165) is 4.31 Å². The third-order valence-corrected chi connectivity index (χ3v) is 14.2. The van der Waals surface area contributed by atoms with Gasteiger partial charge in [-0.1, -0.05) is 26.8 Å². The summed E-state index contributed by atoms with van der Waals surface area (Å²) in [5.41, 5.74) is -1.85. The fourth-order valence-electron chi connectivity index (χ4n) is 4.23. The highest BCUT2D eigenvalue weighted by atomic mass is 32.2. The van der Waals surface area contributed by atoms with Crippen LogP contribution >= 0.6 is 0 Å². The van der Waals surface area contributed by atoms with Crippen molar-refractivity contribution in [3.8, 4) is 5.75 Å². The predicted molar refractivity (Wildman–Crippen MR) is 173 cm³/mol. The summed E-state index contributed by atoms with van der Waals surface area (Å²) in [4.78, 5) is 34.1. The molecular weight excluding hydrogens is 620 g/mol. The van der Waals surface area contributed by atoms with Gasteiger partial charge in [-0.05, 0) is 75.7 Å². The number of aliphatic imine (C=N–C) groups is 1. The number of nitrogens with one attached hydrogen (secondary N) is 1. The van der Waals surface area contributed by atoms with Gasteiger partial charge in [0.05, 0.1) is 18.6 Å². The average molecular weight is 665 g/mol. The van der Waals surface area contributed by atoms with E-state index in [2.05, 4.69) is 49.2 Å². The number of hydrogen-bond donors (Lipinski definition) is 1. The number of amides is 1. The quantitative estimate of drug-likeness (QED) is 0.213. The zero-order valence-electron chi connectivity index (χ0n) is 27.8. The minimum atomic E-state index is -4.01. The van der Waals surface area contributed by atoms with Gasteiger partial charge in [-0.2, -0.15) is 0 Å². The summed E-state index contributed by atoms with van der Waals surface area (Å²) in [6.07, 6.45) is 0.445. The molecule has 2 aromatic rings. The molecule has 14 heteroatoms. The fourth-order valence-corrected chi connectivity index (χ4v) is 6.73. The maximum absolute atomic E-state index is 15.2. The van der Waals surface area contributed by atoms with E-state index in [4.69, 9.17) is 13.9 Å². The monoisotopic (exact) mass is 664 g/mol. The number of carbonyl (C=O) groups is 2. The van der Waals surface area contributed by atoms with E-state index in [1.165, 1.54) is 38.4 Å². The molecule has 0 saturated heterocycles. The van der Waals surface area contributed by atoms with E-state index in [1.807, 2.05) is 0 Å². The highest BCUT2D eigenvalue weighted by Crippen LogP contribution is 2.37. The van der Waals surface area contributed by atoms with E-state index >= 15 is 4.39 Å². The van der Waals surface area contributed by atoms with Gasteiger partial charge in [0.2, 0.25) is 16.0 Å². The maximum Gasteiger partial charge on any atom is 0.414 e. The van der Waals surface area contributed by atoms with Crippen LogP contribution in [0.4, 0.5) is 9.18 Å². The maximum atomic E-state index is 15.2. The number of benzene rings is 1. The number of hydrogen-bond acceptors (Lipinski definition) is 9. The summed E-state index contributed by atoms with van der Waals surface area (Å²) in [5, 5.41) is 2.46. The number of rotatable bonds is 9. The van der Waals surface area contributed by atoms with Crippen molar-refractivity contribution in [2.24, 2.45) is 4.99 Å². The van der Waals surface area contributed by atoms with Crippen LogP contribution in [0.1, 0.15) is 70.1 Å². The molecule has 248 valence electrons. The molecule has 1 amide bonds. The van der Waals surface area contributed by atoms with Gasteiger partial charge < -0.3 is 13.9 Å². The molecule has 1 aliphatic rings. The van der Waals surface area contributed by atoms with Gasteiger partial charge in [-0.3, -0.25) is 10.1 Å². The number of guanidine groups is 1. The number of pyridine rings is 1. The number of ketones is 1. The molecule has 0 bridgehead atoms. The fraction of sp³-hybridized carbons (Fsp3) is 0.548. The first-order valence-electron chi connectivity index (χ1n) is 14.6. The standard InChI is InChI=1S/C31H45FN4O7SSi/c1-29(2,3)43-28(38)34-27-35-31(7,20-44(39,40)36(27)8)23-17-21(11-13-24(23)32)18-26(37)25-14-12-22(19-33-25)41-15-16-42-45(9,10)30(4,5)6/h11-14,17,19H,15-16,18,20H2,1-10H3,(H,34,35,38)/t31-/m0/s1. The van der Waals surface area contributed by atoms with E-state index in [0.29, 0.717) is 24.5 Å². The van der Waals surface area contributed by atoms with Crippen LogP contribution in [0.25, 0.3) is 0 Å². The summed E-state index contributed by atoms with van der Waals surface area (Å²) >= 11 is 0. The third kappa shape index (κ3) is 9.33. The van der Waals surface area contributed by atoms with Crippen LogP contribution in [-0.2, 0) is 31.1 Å². The molecule has 0 unspecified atom stereocenters. The smallest absolute Gasteiger partial charge is 0.414 e. The molecule has 45 heavy (non-hydrogen) atoms. The normalized spacial score (nSPS) is 18.6. The molecule has 1 aromatic carbocycles. The summed E-state index contributed by atoms with van der Waals surface area (Å²) in [6, 6.07) is 7.25. The highest BCUT2D eigenvalue weighted by molar-refractivity contribution is 7.89. The van der Waals surface area contributed by atoms with Gasteiger partial charge in [-0.25, -0.2) is 31.9 Å². The Bertz CT molecular complexity index is 1550. The molecule has 0 fully saturated rings. The second kappa shape index (κ2) is 13.2. The lowest BCUT2D eigenvalue weighted by atomic mass is 9.91. The topological polar surface area (TPSA) is 136 Å². The van der Waals surface area contributed by atoms with Crippen molar-refractivity contribution in [3.63, 3.8) is 0 Å². The molecule has 0 spiro atoms. The van der Waals surface area contributed by atoms with Gasteiger partial charge in [0, 0.05) is 19.0 Å². The van der Waals surface area contributed by atoms with Crippen molar-refractivity contribution >= 4 is 36.2 Å². The van der Waals surface area contributed by atoms with Crippen LogP contribution < -0.4 is 10.1 Å². The van der Waals surface area contributed by atoms with Gasteiger partial charge in [0.25, 0.3) is 0 Å². The number of ether oxygens (including phenoxy) is 2. The Morgan fingerprint density at radius 1 is 1.09 bits per heavy atom. The summed E-state index contributed by atoms with van der Waals surface area (Å²) in [5.74, 6) is -1.39. The second-order valence-corrected chi connectivity index (χ2v) is 20.6. The number of nitrogens with zero attached hydrogens (tertiary/aromatic N) is 3. The summed E-state index contributed by atoms with van der Waals surface area (Å²) in [6.45, 7) is 18.1. The first kappa shape index (κ1) is 36.1. The van der Waals surface area contributed by atoms with Crippen LogP contribution in [0.3, 0.4) is 0 Å². The Labute approximate surface area is 266 Å².